The zero-order valence-electron chi connectivity index (χ0n) is 12.1. The average molecular weight is 282 g/mol. The minimum Gasteiger partial charge on any atom is -0.481 e. The van der Waals surface area contributed by atoms with Crippen LogP contribution in [-0.4, -0.2) is 29.1 Å². The molecule has 0 spiro atoms. The topological polar surface area (TPSA) is 92.4 Å². The highest BCUT2D eigenvalue weighted by atomic mass is 16.4. The highest BCUT2D eigenvalue weighted by molar-refractivity contribution is 5.87. The molecule has 0 aliphatic heterocycles. The lowest BCUT2D eigenvalue weighted by Crippen LogP contribution is -2.57. The quantitative estimate of drug-likeness (QED) is 0.733. The SMILES string of the molecule is NC1(C(=O)NCC2(C(=O)O)CCCCC2)CCCCC1. The van der Waals surface area contributed by atoms with Crippen LogP contribution in [0, 0.1) is 5.41 Å². The van der Waals surface area contributed by atoms with E-state index in [0.29, 0.717) is 25.7 Å². The summed E-state index contributed by atoms with van der Waals surface area (Å²) >= 11 is 0. The Bertz CT molecular complexity index is 369. The molecule has 0 saturated heterocycles. The van der Waals surface area contributed by atoms with E-state index >= 15 is 0 Å². The third-order valence-corrected chi connectivity index (χ3v) is 5.05. The molecule has 0 atom stereocenters. The molecule has 0 aromatic rings. The molecule has 0 unspecified atom stereocenters. The Morgan fingerprint density at radius 3 is 1.95 bits per heavy atom. The van der Waals surface area contributed by atoms with Gasteiger partial charge in [-0.2, -0.15) is 0 Å². The number of hydrogen-bond acceptors (Lipinski definition) is 3. The van der Waals surface area contributed by atoms with Crippen molar-refractivity contribution in [3.8, 4) is 0 Å². The lowest BCUT2D eigenvalue weighted by Gasteiger charge is -2.36. The average Bonchev–Trinajstić information content (AvgIpc) is 2.46. The number of nitrogens with two attached hydrogens (primary N) is 1. The fraction of sp³-hybridized carbons (Fsp3) is 0.867. The summed E-state index contributed by atoms with van der Waals surface area (Å²) in [6.45, 7) is 0.222. The van der Waals surface area contributed by atoms with Crippen LogP contribution >= 0.6 is 0 Å². The van der Waals surface area contributed by atoms with Crippen LogP contribution in [-0.2, 0) is 9.59 Å². The molecule has 0 aromatic heterocycles. The van der Waals surface area contributed by atoms with Crippen molar-refractivity contribution >= 4 is 11.9 Å². The number of carbonyl (C=O) groups is 2. The lowest BCUT2D eigenvalue weighted by molar-refractivity contribution is -0.151. The summed E-state index contributed by atoms with van der Waals surface area (Å²) in [6.07, 6.45) is 8.75. The summed E-state index contributed by atoms with van der Waals surface area (Å²) in [4.78, 5) is 23.9. The van der Waals surface area contributed by atoms with Crippen molar-refractivity contribution in [2.75, 3.05) is 6.54 Å². The molecule has 0 aromatic carbocycles. The fourth-order valence-corrected chi connectivity index (χ4v) is 3.53. The maximum Gasteiger partial charge on any atom is 0.311 e. The predicted octanol–water partition coefficient (Wildman–Crippen LogP) is 1.80. The summed E-state index contributed by atoms with van der Waals surface area (Å²) in [5.74, 6) is -0.949. The van der Waals surface area contributed by atoms with Gasteiger partial charge in [-0.15, -0.1) is 0 Å². The van der Waals surface area contributed by atoms with Gasteiger partial charge in [0.1, 0.15) is 0 Å². The van der Waals surface area contributed by atoms with Crippen molar-refractivity contribution in [3.63, 3.8) is 0 Å². The molecule has 114 valence electrons. The van der Waals surface area contributed by atoms with E-state index in [9.17, 15) is 14.7 Å². The van der Waals surface area contributed by atoms with Gasteiger partial charge in [-0.1, -0.05) is 38.5 Å². The number of nitrogens with one attached hydrogen (secondary N) is 1. The van der Waals surface area contributed by atoms with Crippen molar-refractivity contribution in [3.05, 3.63) is 0 Å². The normalized spacial score (nSPS) is 24.9. The van der Waals surface area contributed by atoms with Gasteiger partial charge in [0.05, 0.1) is 11.0 Å². The molecule has 2 saturated carbocycles. The molecular weight excluding hydrogens is 256 g/mol. The number of amides is 1. The Morgan fingerprint density at radius 1 is 0.950 bits per heavy atom. The van der Waals surface area contributed by atoms with Crippen LogP contribution in [0.5, 0.6) is 0 Å². The van der Waals surface area contributed by atoms with Gasteiger partial charge in [0, 0.05) is 6.54 Å². The summed E-state index contributed by atoms with van der Waals surface area (Å²) in [7, 11) is 0. The number of hydrogen-bond donors (Lipinski definition) is 3. The molecule has 0 heterocycles. The van der Waals surface area contributed by atoms with E-state index in [2.05, 4.69) is 5.32 Å². The molecule has 0 bridgehead atoms. The molecule has 2 aliphatic rings. The van der Waals surface area contributed by atoms with Crippen LogP contribution < -0.4 is 11.1 Å². The van der Waals surface area contributed by atoms with E-state index in [-0.39, 0.29) is 12.5 Å². The Hall–Kier alpha value is -1.10. The summed E-state index contributed by atoms with van der Waals surface area (Å²) < 4.78 is 0. The summed E-state index contributed by atoms with van der Waals surface area (Å²) in [5, 5.41) is 12.3. The van der Waals surface area contributed by atoms with Crippen LogP contribution in [0.15, 0.2) is 0 Å². The highest BCUT2D eigenvalue weighted by Gasteiger charge is 2.42. The molecule has 20 heavy (non-hydrogen) atoms. The maximum absolute atomic E-state index is 12.3. The van der Waals surface area contributed by atoms with Crippen molar-refractivity contribution < 1.29 is 14.7 Å². The van der Waals surface area contributed by atoms with Crippen LogP contribution in [0.3, 0.4) is 0 Å². The van der Waals surface area contributed by atoms with Gasteiger partial charge in [0.25, 0.3) is 0 Å². The molecule has 2 aliphatic carbocycles. The standard InChI is InChI=1S/C15H26N2O3/c16-15(9-5-2-6-10-15)12(18)17-11-14(13(19)20)7-3-1-4-8-14/h1-11,16H2,(H,17,18)(H,19,20). The molecule has 5 nitrogen and oxygen atoms in total. The van der Waals surface area contributed by atoms with Gasteiger partial charge in [0.15, 0.2) is 0 Å². The third-order valence-electron chi connectivity index (χ3n) is 5.05. The Labute approximate surface area is 120 Å². The molecule has 2 rings (SSSR count). The van der Waals surface area contributed by atoms with E-state index < -0.39 is 16.9 Å². The van der Waals surface area contributed by atoms with Gasteiger partial charge < -0.3 is 16.2 Å². The number of carbonyl (C=O) groups excluding carboxylic acids is 1. The number of carboxylic acid groups (broad SMARTS) is 1. The first kappa shape index (κ1) is 15.3. The molecular formula is C15H26N2O3. The Balaban J connectivity index is 1.95. The first-order valence-electron chi connectivity index (χ1n) is 7.79. The zero-order valence-corrected chi connectivity index (χ0v) is 12.1. The van der Waals surface area contributed by atoms with Crippen LogP contribution in [0.1, 0.15) is 64.2 Å². The molecule has 4 N–H and O–H groups in total. The van der Waals surface area contributed by atoms with E-state index in [1.54, 1.807) is 0 Å². The monoisotopic (exact) mass is 282 g/mol. The second kappa shape index (κ2) is 6.12. The zero-order chi connectivity index (χ0) is 14.6. The van der Waals surface area contributed by atoms with Gasteiger partial charge in [-0.05, 0) is 25.7 Å². The largest absolute Gasteiger partial charge is 0.481 e. The van der Waals surface area contributed by atoms with Gasteiger partial charge in [0.2, 0.25) is 5.91 Å². The summed E-state index contributed by atoms with van der Waals surface area (Å²) in [5.41, 5.74) is 4.61. The fourth-order valence-electron chi connectivity index (χ4n) is 3.53. The van der Waals surface area contributed by atoms with E-state index in [4.69, 9.17) is 5.73 Å². The number of aliphatic carboxylic acids is 1. The van der Waals surface area contributed by atoms with Crippen LogP contribution in [0.25, 0.3) is 0 Å². The van der Waals surface area contributed by atoms with Gasteiger partial charge in [-0.3, -0.25) is 9.59 Å². The predicted molar refractivity (Wildman–Crippen MR) is 76.2 cm³/mol. The smallest absolute Gasteiger partial charge is 0.311 e. The third kappa shape index (κ3) is 3.14. The van der Waals surface area contributed by atoms with E-state index in [1.807, 2.05) is 0 Å². The van der Waals surface area contributed by atoms with Crippen molar-refractivity contribution in [2.45, 2.75) is 69.7 Å². The Kier molecular flexibility index (Phi) is 4.68. The van der Waals surface area contributed by atoms with Gasteiger partial charge in [-0.25, -0.2) is 0 Å². The number of rotatable bonds is 4. The minimum atomic E-state index is -0.785. The Morgan fingerprint density at radius 2 is 1.45 bits per heavy atom. The molecule has 1 amide bonds. The van der Waals surface area contributed by atoms with Crippen molar-refractivity contribution in [1.29, 1.82) is 0 Å². The first-order chi connectivity index (χ1) is 9.49. The van der Waals surface area contributed by atoms with E-state index in [0.717, 1.165) is 38.5 Å². The van der Waals surface area contributed by atoms with Crippen molar-refractivity contribution in [1.82, 2.24) is 5.32 Å². The molecule has 0 radical (unpaired) electrons. The summed E-state index contributed by atoms with van der Waals surface area (Å²) in [6, 6.07) is 0. The van der Waals surface area contributed by atoms with Crippen molar-refractivity contribution in [2.24, 2.45) is 11.1 Å². The highest BCUT2D eigenvalue weighted by Crippen LogP contribution is 2.36. The number of carboxylic acids is 1. The lowest BCUT2D eigenvalue weighted by atomic mass is 9.73. The van der Waals surface area contributed by atoms with E-state index in [1.165, 1.54) is 0 Å². The van der Waals surface area contributed by atoms with Gasteiger partial charge >= 0.3 is 5.97 Å². The first-order valence-corrected chi connectivity index (χ1v) is 7.79. The maximum atomic E-state index is 12.3. The second-order valence-electron chi connectivity index (χ2n) is 6.55. The molecule has 2 fully saturated rings. The minimum absolute atomic E-state index is 0.164. The second-order valence-corrected chi connectivity index (χ2v) is 6.55. The van der Waals surface area contributed by atoms with Crippen LogP contribution in [0.2, 0.25) is 0 Å². The van der Waals surface area contributed by atoms with Crippen LogP contribution in [0.4, 0.5) is 0 Å². The molecule has 5 heteroatoms.